The van der Waals surface area contributed by atoms with Crippen LogP contribution in [-0.4, -0.2) is 37.8 Å². The van der Waals surface area contributed by atoms with Crippen molar-refractivity contribution < 1.29 is 27.1 Å². The van der Waals surface area contributed by atoms with Gasteiger partial charge in [-0.1, -0.05) is 54.6 Å². The van der Waals surface area contributed by atoms with Crippen LogP contribution in [0.1, 0.15) is 29.2 Å². The lowest BCUT2D eigenvalue weighted by Crippen LogP contribution is -2.41. The lowest BCUT2D eigenvalue weighted by molar-refractivity contribution is -0.149. The molecule has 1 N–H and O–H groups in total. The quantitative estimate of drug-likeness (QED) is 0.483. The Morgan fingerprint density at radius 1 is 0.971 bits per heavy atom. The second kappa shape index (κ2) is 10.8. The van der Waals surface area contributed by atoms with Gasteiger partial charge in [0, 0.05) is 13.1 Å². The van der Waals surface area contributed by atoms with Crippen molar-refractivity contribution in [2.75, 3.05) is 13.2 Å². The predicted molar refractivity (Wildman–Crippen MR) is 127 cm³/mol. The van der Waals surface area contributed by atoms with Gasteiger partial charge in [0.1, 0.15) is 5.82 Å². The van der Waals surface area contributed by atoms with Gasteiger partial charge < -0.3 is 10.1 Å². The fraction of sp³-hybridized carbons (Fsp3) is 0.231. The summed E-state index contributed by atoms with van der Waals surface area (Å²) < 4.78 is 46.3. The Balaban J connectivity index is 1.43. The van der Waals surface area contributed by atoms with Crippen LogP contribution in [0, 0.1) is 5.82 Å². The molecule has 7 nitrogen and oxygen atoms in total. The van der Waals surface area contributed by atoms with Gasteiger partial charge in [-0.2, -0.15) is 4.31 Å². The van der Waals surface area contributed by atoms with Crippen molar-refractivity contribution in [2.45, 2.75) is 30.3 Å². The number of rotatable bonds is 8. The summed E-state index contributed by atoms with van der Waals surface area (Å²) in [5, 5.41) is 2.60. The highest BCUT2D eigenvalue weighted by atomic mass is 32.2. The van der Waals surface area contributed by atoms with Crippen LogP contribution in [0.3, 0.4) is 0 Å². The first-order chi connectivity index (χ1) is 16.8. The summed E-state index contributed by atoms with van der Waals surface area (Å²) in [6, 6.07) is 20.4. The average Bonchev–Trinajstić information content (AvgIpc) is 2.87. The van der Waals surface area contributed by atoms with E-state index in [1.807, 2.05) is 18.2 Å². The molecule has 0 aliphatic carbocycles. The van der Waals surface area contributed by atoms with Gasteiger partial charge in [-0.3, -0.25) is 9.59 Å². The minimum absolute atomic E-state index is 0.151. The van der Waals surface area contributed by atoms with E-state index in [-0.39, 0.29) is 30.2 Å². The number of carbonyl (C=O) groups is 2. The number of hydrogen-bond donors (Lipinski definition) is 1. The molecule has 182 valence electrons. The van der Waals surface area contributed by atoms with E-state index in [1.54, 1.807) is 36.4 Å². The maximum absolute atomic E-state index is 13.4. The third kappa shape index (κ3) is 5.93. The Morgan fingerprint density at radius 2 is 1.66 bits per heavy atom. The smallest absolute Gasteiger partial charge is 0.308 e. The van der Waals surface area contributed by atoms with Crippen molar-refractivity contribution in [3.8, 4) is 0 Å². The third-order valence-electron chi connectivity index (χ3n) is 5.84. The molecule has 1 aliphatic heterocycles. The lowest BCUT2D eigenvalue weighted by atomic mass is 9.92. The molecule has 0 spiro atoms. The Labute approximate surface area is 203 Å². The van der Waals surface area contributed by atoms with Crippen molar-refractivity contribution in [1.82, 2.24) is 9.62 Å². The van der Waals surface area contributed by atoms with Gasteiger partial charge in [-0.25, -0.2) is 12.8 Å². The minimum Gasteiger partial charge on any atom is -0.456 e. The summed E-state index contributed by atoms with van der Waals surface area (Å²) in [5.41, 5.74) is 2.42. The molecule has 0 bridgehead atoms. The summed E-state index contributed by atoms with van der Waals surface area (Å²) in [5.74, 6) is -1.57. The number of amides is 1. The Kier molecular flexibility index (Phi) is 7.57. The highest BCUT2D eigenvalue weighted by molar-refractivity contribution is 7.89. The number of nitrogens with zero attached hydrogens (tertiary/aromatic N) is 1. The van der Waals surface area contributed by atoms with E-state index in [4.69, 9.17) is 4.74 Å². The number of sulfonamides is 1. The van der Waals surface area contributed by atoms with Gasteiger partial charge >= 0.3 is 5.97 Å². The van der Waals surface area contributed by atoms with E-state index >= 15 is 0 Å². The molecule has 4 rings (SSSR count). The molecule has 0 fully saturated rings. The zero-order valence-electron chi connectivity index (χ0n) is 18.9. The van der Waals surface area contributed by atoms with Gasteiger partial charge in [0.25, 0.3) is 5.91 Å². The fourth-order valence-corrected chi connectivity index (χ4v) is 5.70. The second-order valence-corrected chi connectivity index (χ2v) is 10.1. The molecule has 3 aromatic rings. The number of nitrogens with one attached hydrogen (secondary N) is 1. The van der Waals surface area contributed by atoms with Crippen molar-refractivity contribution >= 4 is 21.9 Å². The molecule has 1 heterocycles. The van der Waals surface area contributed by atoms with Gasteiger partial charge in [0.15, 0.2) is 6.61 Å². The largest absolute Gasteiger partial charge is 0.456 e. The van der Waals surface area contributed by atoms with E-state index in [9.17, 15) is 22.4 Å². The monoisotopic (exact) mass is 496 g/mol. The number of carbonyl (C=O) groups excluding carboxylic acids is 2. The molecule has 1 aliphatic rings. The van der Waals surface area contributed by atoms with Crippen LogP contribution in [-0.2, 0) is 37.3 Å². The topological polar surface area (TPSA) is 92.8 Å². The molecule has 0 saturated carbocycles. The number of hydrogen-bond acceptors (Lipinski definition) is 5. The van der Waals surface area contributed by atoms with Crippen molar-refractivity contribution in [3.05, 3.63) is 101 Å². The molecular weight excluding hydrogens is 471 g/mol. The van der Waals surface area contributed by atoms with Crippen LogP contribution in [0.15, 0.2) is 83.8 Å². The van der Waals surface area contributed by atoms with Crippen LogP contribution in [0.4, 0.5) is 4.39 Å². The SMILES string of the molecule is O=C(COC(=O)CC1c2ccccc2CCN1S(=O)(=O)c1ccccc1)NCc1ccc(F)cc1. The number of esters is 1. The molecule has 1 amide bonds. The first-order valence-electron chi connectivity index (χ1n) is 11.2. The highest BCUT2D eigenvalue weighted by Crippen LogP contribution is 2.36. The van der Waals surface area contributed by atoms with Crippen molar-refractivity contribution in [2.24, 2.45) is 0 Å². The Hall–Kier alpha value is -3.56. The van der Waals surface area contributed by atoms with Gasteiger partial charge in [0.2, 0.25) is 10.0 Å². The summed E-state index contributed by atoms with van der Waals surface area (Å²) in [6.45, 7) is -0.111. The molecule has 1 atom stereocenters. The van der Waals surface area contributed by atoms with Gasteiger partial charge in [-0.15, -0.1) is 0 Å². The molecule has 0 radical (unpaired) electrons. The second-order valence-electron chi connectivity index (χ2n) is 8.16. The first-order valence-corrected chi connectivity index (χ1v) is 12.6. The minimum atomic E-state index is -3.85. The van der Waals surface area contributed by atoms with E-state index in [2.05, 4.69) is 5.32 Å². The fourth-order valence-electron chi connectivity index (χ4n) is 4.07. The van der Waals surface area contributed by atoms with Gasteiger partial charge in [-0.05, 0) is 47.4 Å². The zero-order valence-corrected chi connectivity index (χ0v) is 19.7. The van der Waals surface area contributed by atoms with Crippen LogP contribution in [0.25, 0.3) is 0 Å². The predicted octanol–water partition coefficient (Wildman–Crippen LogP) is 3.36. The average molecular weight is 497 g/mol. The van der Waals surface area contributed by atoms with E-state index in [0.29, 0.717) is 12.0 Å². The van der Waals surface area contributed by atoms with Crippen LogP contribution in [0.2, 0.25) is 0 Å². The standard InChI is InChI=1S/C26H25FN2O5S/c27-21-12-10-19(11-13-21)17-28-25(30)18-34-26(31)16-24-23-9-5-4-6-20(23)14-15-29(24)35(32,33)22-7-2-1-3-8-22/h1-13,24H,14-18H2,(H,28,30). The maximum atomic E-state index is 13.4. The van der Waals surface area contributed by atoms with Gasteiger partial charge in [0.05, 0.1) is 17.4 Å². The van der Waals surface area contributed by atoms with E-state index in [0.717, 1.165) is 11.1 Å². The van der Waals surface area contributed by atoms with E-state index in [1.165, 1.54) is 28.6 Å². The molecule has 0 aromatic heterocycles. The summed E-state index contributed by atoms with van der Waals surface area (Å²) >= 11 is 0. The van der Waals surface area contributed by atoms with E-state index < -0.39 is 34.5 Å². The molecule has 0 saturated heterocycles. The number of halogens is 1. The zero-order chi connectivity index (χ0) is 24.8. The van der Waals surface area contributed by atoms with Crippen molar-refractivity contribution in [3.63, 3.8) is 0 Å². The first kappa shape index (κ1) is 24.6. The number of fused-ring (bicyclic) bond motifs is 1. The van der Waals surface area contributed by atoms with Crippen LogP contribution < -0.4 is 5.32 Å². The summed E-state index contributed by atoms with van der Waals surface area (Å²) in [4.78, 5) is 24.9. The molecule has 35 heavy (non-hydrogen) atoms. The highest BCUT2D eigenvalue weighted by Gasteiger charge is 2.37. The number of benzene rings is 3. The number of ether oxygens (including phenoxy) is 1. The van der Waals surface area contributed by atoms with Crippen LogP contribution in [0.5, 0.6) is 0 Å². The van der Waals surface area contributed by atoms with Crippen LogP contribution >= 0.6 is 0 Å². The van der Waals surface area contributed by atoms with Crippen molar-refractivity contribution in [1.29, 1.82) is 0 Å². The molecule has 3 aromatic carbocycles. The Bertz CT molecular complexity index is 1300. The Morgan fingerprint density at radius 3 is 2.40 bits per heavy atom. The lowest BCUT2D eigenvalue weighted by Gasteiger charge is -2.36. The molecular formula is C26H25FN2O5S. The summed E-state index contributed by atoms with van der Waals surface area (Å²) in [6.07, 6.45) is 0.299. The maximum Gasteiger partial charge on any atom is 0.308 e. The normalized spacial score (nSPS) is 15.7. The molecule has 1 unspecified atom stereocenters. The third-order valence-corrected chi connectivity index (χ3v) is 7.76. The summed E-state index contributed by atoms with van der Waals surface area (Å²) in [7, 11) is -3.85. The molecule has 9 heteroatoms.